The number of esters is 1. The minimum Gasteiger partial charge on any atom is -0.456 e. The molecule has 0 aliphatic carbocycles. The molecule has 5 heterocycles. The molecular formula is C21H25N7O4. The highest BCUT2D eigenvalue weighted by atomic mass is 16.5. The highest BCUT2D eigenvalue weighted by molar-refractivity contribution is 5.94. The number of β-amino-alcohol motifs (C(OH)–C–C–N with tert-alkyl or cyclic N) is 1. The summed E-state index contributed by atoms with van der Waals surface area (Å²) in [5.74, 6) is -0.236. The maximum atomic E-state index is 13.3. The number of hydrogen-bond acceptors (Lipinski definition) is 9. The van der Waals surface area contributed by atoms with Crippen LogP contribution in [-0.4, -0.2) is 84.8 Å². The number of ether oxygens (including phenoxy) is 1. The first-order valence-corrected chi connectivity index (χ1v) is 10.7. The van der Waals surface area contributed by atoms with Gasteiger partial charge in [0, 0.05) is 24.8 Å². The van der Waals surface area contributed by atoms with Gasteiger partial charge in [0.15, 0.2) is 0 Å². The minimum absolute atomic E-state index is 0.101. The number of hydrogen-bond donors (Lipinski definition) is 1. The van der Waals surface area contributed by atoms with Crippen LogP contribution in [0.3, 0.4) is 0 Å². The van der Waals surface area contributed by atoms with E-state index in [0.717, 1.165) is 32.4 Å². The summed E-state index contributed by atoms with van der Waals surface area (Å²) in [4.78, 5) is 33.1. The standard InChI is InChI=1S/C21H25N7O4/c1-14-17(12-32-19(14)30)27-7-4-21(20(27)31)2-5-26(6-3-21)11-18(29)15-8-16(10-22-9-15)28-13-23-24-25-28/h8-10,13,18,29H,2-7,11-12H2,1H3/t18-/m0/s1. The monoisotopic (exact) mass is 439 g/mol. The van der Waals surface area contributed by atoms with Crippen LogP contribution in [0.1, 0.15) is 37.9 Å². The maximum absolute atomic E-state index is 13.3. The summed E-state index contributed by atoms with van der Waals surface area (Å²) >= 11 is 0. The first-order chi connectivity index (χ1) is 15.5. The van der Waals surface area contributed by atoms with Crippen molar-refractivity contribution in [1.29, 1.82) is 0 Å². The summed E-state index contributed by atoms with van der Waals surface area (Å²) in [5, 5.41) is 21.9. The van der Waals surface area contributed by atoms with E-state index in [1.54, 1.807) is 24.2 Å². The van der Waals surface area contributed by atoms with Gasteiger partial charge in [-0.1, -0.05) is 0 Å². The molecule has 0 radical (unpaired) electrons. The Morgan fingerprint density at radius 2 is 1.97 bits per heavy atom. The minimum atomic E-state index is -0.710. The molecule has 3 aliphatic heterocycles. The van der Waals surface area contributed by atoms with Crippen LogP contribution in [0.5, 0.6) is 0 Å². The first-order valence-electron chi connectivity index (χ1n) is 10.7. The Hall–Kier alpha value is -3.18. The fraction of sp³-hybridized carbons (Fsp3) is 0.524. The molecule has 11 nitrogen and oxygen atoms in total. The van der Waals surface area contributed by atoms with Gasteiger partial charge in [-0.05, 0) is 55.8 Å². The van der Waals surface area contributed by atoms with E-state index < -0.39 is 6.10 Å². The van der Waals surface area contributed by atoms with Crippen LogP contribution in [0.15, 0.2) is 36.1 Å². The zero-order valence-corrected chi connectivity index (χ0v) is 17.8. The van der Waals surface area contributed by atoms with Gasteiger partial charge in [-0.15, -0.1) is 5.10 Å². The third kappa shape index (κ3) is 3.56. The van der Waals surface area contributed by atoms with Gasteiger partial charge in [-0.3, -0.25) is 9.78 Å². The molecule has 2 aromatic heterocycles. The zero-order chi connectivity index (χ0) is 22.3. The fourth-order valence-electron chi connectivity index (χ4n) is 4.84. The van der Waals surface area contributed by atoms with Crippen LogP contribution in [-0.2, 0) is 14.3 Å². The van der Waals surface area contributed by atoms with E-state index in [1.807, 2.05) is 6.07 Å². The second-order valence-electron chi connectivity index (χ2n) is 8.68. The van der Waals surface area contributed by atoms with Gasteiger partial charge in [0.1, 0.15) is 12.9 Å². The van der Waals surface area contributed by atoms with E-state index in [-0.39, 0.29) is 23.9 Å². The number of pyridine rings is 1. The summed E-state index contributed by atoms with van der Waals surface area (Å²) in [7, 11) is 0. The Morgan fingerprint density at radius 3 is 2.66 bits per heavy atom. The Bertz CT molecular complexity index is 1060. The number of aliphatic hydroxyl groups excluding tert-OH is 1. The quantitative estimate of drug-likeness (QED) is 0.652. The predicted molar refractivity (Wildman–Crippen MR) is 110 cm³/mol. The van der Waals surface area contributed by atoms with Gasteiger partial charge >= 0.3 is 5.97 Å². The lowest BCUT2D eigenvalue weighted by atomic mass is 9.77. The average Bonchev–Trinajstić information content (AvgIpc) is 3.53. The van der Waals surface area contributed by atoms with E-state index in [1.165, 1.54) is 11.0 Å². The molecule has 0 saturated carbocycles. The van der Waals surface area contributed by atoms with E-state index in [0.29, 0.717) is 35.6 Å². The molecule has 5 rings (SSSR count). The molecule has 0 bridgehead atoms. The Labute approximate surface area is 184 Å². The molecule has 3 aliphatic rings. The number of carbonyl (C=O) groups excluding carboxylic acids is 2. The van der Waals surface area contributed by atoms with Gasteiger partial charge in [0.2, 0.25) is 5.91 Å². The van der Waals surface area contributed by atoms with Gasteiger partial charge in [-0.25, -0.2) is 4.79 Å². The number of rotatable bonds is 5. The van der Waals surface area contributed by atoms with Crippen molar-refractivity contribution >= 4 is 11.9 Å². The van der Waals surface area contributed by atoms with E-state index >= 15 is 0 Å². The second kappa shape index (κ2) is 8.06. The lowest BCUT2D eigenvalue weighted by molar-refractivity contribution is -0.138. The van der Waals surface area contributed by atoms with Gasteiger partial charge < -0.3 is 19.6 Å². The van der Waals surface area contributed by atoms with Crippen molar-refractivity contribution in [2.45, 2.75) is 32.3 Å². The molecule has 2 fully saturated rings. The summed E-state index contributed by atoms with van der Waals surface area (Å²) < 4.78 is 6.58. The molecule has 32 heavy (non-hydrogen) atoms. The van der Waals surface area contributed by atoms with E-state index in [9.17, 15) is 14.7 Å². The topological polar surface area (TPSA) is 127 Å². The highest BCUT2D eigenvalue weighted by Gasteiger charge is 2.50. The largest absolute Gasteiger partial charge is 0.456 e. The van der Waals surface area contributed by atoms with Crippen LogP contribution in [0.25, 0.3) is 5.69 Å². The predicted octanol–water partition coefficient (Wildman–Crippen LogP) is 0.236. The molecule has 1 atom stereocenters. The SMILES string of the molecule is CC1=C(N2CCC3(CCN(C[C@H](O)c4cncc(-n5cnnn5)c4)CC3)C2=O)COC1=O. The van der Waals surface area contributed by atoms with Crippen LogP contribution in [0.4, 0.5) is 0 Å². The number of piperidine rings is 1. The first kappa shape index (κ1) is 20.7. The molecule has 2 saturated heterocycles. The van der Waals surface area contributed by atoms with Crippen molar-refractivity contribution in [3.63, 3.8) is 0 Å². The number of aromatic nitrogens is 5. The summed E-state index contributed by atoms with van der Waals surface area (Å²) in [6, 6.07) is 1.82. The molecule has 11 heteroatoms. The number of cyclic esters (lactones) is 1. The Kier molecular flexibility index (Phi) is 5.22. The zero-order valence-electron chi connectivity index (χ0n) is 17.8. The van der Waals surface area contributed by atoms with Crippen molar-refractivity contribution in [1.82, 2.24) is 35.0 Å². The fourth-order valence-corrected chi connectivity index (χ4v) is 4.84. The lowest BCUT2D eigenvalue weighted by Gasteiger charge is -2.38. The number of likely N-dealkylation sites (tertiary alicyclic amines) is 2. The van der Waals surface area contributed by atoms with E-state index in [2.05, 4.69) is 25.4 Å². The Balaban J connectivity index is 1.21. The number of aliphatic hydroxyl groups is 1. The van der Waals surface area contributed by atoms with Gasteiger partial charge in [0.05, 0.1) is 34.7 Å². The molecule has 1 spiro atoms. The molecular weight excluding hydrogens is 414 g/mol. The molecule has 2 aromatic rings. The van der Waals surface area contributed by atoms with Crippen LogP contribution in [0.2, 0.25) is 0 Å². The normalized spacial score (nSPS) is 22.1. The van der Waals surface area contributed by atoms with Crippen molar-refractivity contribution in [3.8, 4) is 5.69 Å². The molecule has 0 aromatic carbocycles. The highest BCUT2D eigenvalue weighted by Crippen LogP contribution is 2.43. The maximum Gasteiger partial charge on any atom is 0.336 e. The average molecular weight is 439 g/mol. The second-order valence-corrected chi connectivity index (χ2v) is 8.68. The number of carbonyl (C=O) groups is 2. The van der Waals surface area contributed by atoms with Crippen molar-refractivity contribution in [2.75, 3.05) is 32.8 Å². The van der Waals surface area contributed by atoms with Crippen molar-refractivity contribution in [2.24, 2.45) is 5.41 Å². The van der Waals surface area contributed by atoms with Gasteiger partial charge in [-0.2, -0.15) is 4.68 Å². The third-order valence-corrected chi connectivity index (χ3v) is 6.91. The molecule has 1 amide bonds. The molecule has 0 unspecified atom stereocenters. The smallest absolute Gasteiger partial charge is 0.336 e. The molecule has 1 N–H and O–H groups in total. The number of tetrazole rings is 1. The Morgan fingerprint density at radius 1 is 1.19 bits per heavy atom. The van der Waals surface area contributed by atoms with Crippen molar-refractivity contribution in [3.05, 3.63) is 41.6 Å². The lowest BCUT2D eigenvalue weighted by Crippen LogP contribution is -2.45. The van der Waals surface area contributed by atoms with Crippen LogP contribution >= 0.6 is 0 Å². The van der Waals surface area contributed by atoms with Crippen molar-refractivity contribution < 1.29 is 19.4 Å². The van der Waals surface area contributed by atoms with Gasteiger partial charge in [0.25, 0.3) is 0 Å². The van der Waals surface area contributed by atoms with Crippen LogP contribution < -0.4 is 0 Å². The summed E-state index contributed by atoms with van der Waals surface area (Å²) in [5.41, 5.74) is 2.23. The number of nitrogens with zero attached hydrogens (tertiary/aromatic N) is 7. The third-order valence-electron chi connectivity index (χ3n) is 6.91. The van der Waals surface area contributed by atoms with E-state index in [4.69, 9.17) is 4.74 Å². The van der Waals surface area contributed by atoms with Crippen LogP contribution in [0, 0.1) is 5.41 Å². The summed E-state index contributed by atoms with van der Waals surface area (Å²) in [6.45, 7) is 4.44. The molecule has 168 valence electrons. The number of amides is 1. The summed E-state index contributed by atoms with van der Waals surface area (Å²) in [6.07, 6.45) is 6.30.